The van der Waals surface area contributed by atoms with Crippen LogP contribution in [0.5, 0.6) is 0 Å². The molecule has 2 aromatic carbocycles. The summed E-state index contributed by atoms with van der Waals surface area (Å²) in [6.45, 7) is 6.99. The molecule has 0 aliphatic heterocycles. The third-order valence-electron chi connectivity index (χ3n) is 4.93. The zero-order chi connectivity index (χ0) is 20.0. The number of nitrogens with zero attached hydrogens (tertiary/aromatic N) is 4. The zero-order valence-electron chi connectivity index (χ0n) is 15.3. The first-order chi connectivity index (χ1) is 13.4. The predicted molar refractivity (Wildman–Crippen MR) is 103 cm³/mol. The van der Waals surface area contributed by atoms with Crippen molar-refractivity contribution < 1.29 is 13.6 Å². The normalized spacial score (nSPS) is 18.0. The van der Waals surface area contributed by atoms with Crippen molar-refractivity contribution in [2.45, 2.75) is 12.6 Å². The molecule has 1 aliphatic carbocycles. The largest absolute Gasteiger partial charge is 0.342 e. The summed E-state index contributed by atoms with van der Waals surface area (Å²) in [6.07, 6.45) is 0.750. The second kappa shape index (κ2) is 6.60. The van der Waals surface area contributed by atoms with Crippen LogP contribution >= 0.6 is 0 Å². The van der Waals surface area contributed by atoms with E-state index in [0.29, 0.717) is 16.9 Å². The lowest BCUT2D eigenvalue weighted by atomic mass is 10.2. The minimum atomic E-state index is -1.10. The van der Waals surface area contributed by atoms with Crippen LogP contribution in [0.1, 0.15) is 6.42 Å². The van der Waals surface area contributed by atoms with Crippen LogP contribution in [0.3, 0.4) is 0 Å². The van der Waals surface area contributed by atoms with E-state index in [4.69, 9.17) is 6.57 Å². The van der Waals surface area contributed by atoms with E-state index in [1.165, 1.54) is 12.1 Å². The fraction of sp³-hybridized carbons (Fsp3) is 0.250. The van der Waals surface area contributed by atoms with Crippen molar-refractivity contribution in [3.63, 3.8) is 0 Å². The van der Waals surface area contributed by atoms with E-state index < -0.39 is 17.9 Å². The van der Waals surface area contributed by atoms with Crippen LogP contribution in [0, 0.1) is 18.3 Å². The van der Waals surface area contributed by atoms with Crippen molar-refractivity contribution in [2.24, 2.45) is 13.0 Å². The van der Waals surface area contributed by atoms with Gasteiger partial charge in [-0.25, -0.2) is 18.6 Å². The molecule has 0 saturated heterocycles. The summed E-state index contributed by atoms with van der Waals surface area (Å²) in [4.78, 5) is 21.4. The Morgan fingerprint density at radius 3 is 2.79 bits per heavy atom. The average Bonchev–Trinajstić information content (AvgIpc) is 3.30. The van der Waals surface area contributed by atoms with Gasteiger partial charge in [0.2, 0.25) is 5.91 Å². The molecule has 28 heavy (non-hydrogen) atoms. The van der Waals surface area contributed by atoms with Crippen molar-refractivity contribution in [2.75, 3.05) is 17.3 Å². The third-order valence-corrected chi connectivity index (χ3v) is 4.93. The van der Waals surface area contributed by atoms with Crippen LogP contribution in [0.15, 0.2) is 36.7 Å². The van der Waals surface area contributed by atoms with Gasteiger partial charge < -0.3 is 14.8 Å². The Morgan fingerprint density at radius 1 is 1.39 bits per heavy atom. The number of carbonyl (C=O) groups excluding carboxylic acids is 1. The smallest absolute Gasteiger partial charge is 0.230 e. The number of hydrogen-bond donors (Lipinski definition) is 1. The molecular formula is C20H17F2N5O. The fourth-order valence-corrected chi connectivity index (χ4v) is 3.14. The lowest BCUT2D eigenvalue weighted by molar-refractivity contribution is -0.117. The van der Waals surface area contributed by atoms with Crippen LogP contribution in [0.2, 0.25) is 0 Å². The number of hydrogen-bond acceptors (Lipinski definition) is 3. The highest BCUT2D eigenvalue weighted by molar-refractivity contribution is 6.03. The van der Waals surface area contributed by atoms with Gasteiger partial charge in [0.15, 0.2) is 5.69 Å². The SMILES string of the molecule is [C-]#[N+]c1ccc(N(C)c2cc(NC(=O)[C@H]3C[C@H]3F)c3ncn(C)c3c2)c(F)c1. The van der Waals surface area contributed by atoms with Gasteiger partial charge in [0.1, 0.15) is 17.5 Å². The number of halogens is 2. The van der Waals surface area contributed by atoms with E-state index in [2.05, 4.69) is 15.1 Å². The number of nitrogens with one attached hydrogen (secondary N) is 1. The first-order valence-corrected chi connectivity index (χ1v) is 8.70. The maximum atomic E-state index is 14.5. The van der Waals surface area contributed by atoms with Gasteiger partial charge in [0, 0.05) is 19.8 Å². The number of aromatic nitrogens is 2. The number of amides is 1. The third kappa shape index (κ3) is 3.05. The topological polar surface area (TPSA) is 54.5 Å². The monoisotopic (exact) mass is 381 g/mol. The number of benzene rings is 2. The Labute approximate surface area is 160 Å². The summed E-state index contributed by atoms with van der Waals surface area (Å²) in [5, 5.41) is 2.76. The van der Waals surface area contributed by atoms with Gasteiger partial charge in [0.05, 0.1) is 35.7 Å². The lowest BCUT2D eigenvalue weighted by Gasteiger charge is -2.22. The molecule has 1 N–H and O–H groups in total. The number of anilines is 3. The summed E-state index contributed by atoms with van der Waals surface area (Å²) in [5.41, 5.74) is 2.89. The highest BCUT2D eigenvalue weighted by Crippen LogP contribution is 2.37. The maximum Gasteiger partial charge on any atom is 0.230 e. The van der Waals surface area contributed by atoms with Crippen molar-refractivity contribution in [3.05, 3.63) is 53.9 Å². The molecule has 142 valence electrons. The Morgan fingerprint density at radius 2 is 2.14 bits per heavy atom. The molecule has 0 radical (unpaired) electrons. The number of rotatable bonds is 4. The number of imidazole rings is 1. The molecule has 0 unspecified atom stereocenters. The van der Waals surface area contributed by atoms with E-state index in [1.807, 2.05) is 13.1 Å². The summed E-state index contributed by atoms with van der Waals surface area (Å²) in [7, 11) is 3.51. The molecule has 1 saturated carbocycles. The van der Waals surface area contributed by atoms with Gasteiger partial charge in [-0.15, -0.1) is 0 Å². The molecular weight excluding hydrogens is 364 g/mol. The van der Waals surface area contributed by atoms with E-state index >= 15 is 0 Å². The Hall–Kier alpha value is -3.47. The average molecular weight is 381 g/mol. The minimum absolute atomic E-state index is 0.217. The standard InChI is InChI=1S/C20H17F2N5O/c1-23-11-4-5-17(15(22)6-11)27(3)12-7-16(25-20(28)13-9-14(13)21)19-18(8-12)26(2)10-24-19/h4-8,10,13-14H,9H2,2-3H3,(H,25,28)/t13-,14+/m0/s1. The van der Waals surface area contributed by atoms with E-state index in [1.54, 1.807) is 35.0 Å². The quantitative estimate of drug-likeness (QED) is 0.685. The number of carbonyl (C=O) groups is 1. The summed E-state index contributed by atoms with van der Waals surface area (Å²) < 4.78 is 29.5. The molecule has 0 bridgehead atoms. The fourth-order valence-electron chi connectivity index (χ4n) is 3.14. The molecule has 2 atom stereocenters. The van der Waals surface area contributed by atoms with Crippen LogP contribution < -0.4 is 10.2 Å². The number of aryl methyl sites for hydroxylation is 1. The number of fused-ring (bicyclic) bond motifs is 1. The Kier molecular flexibility index (Phi) is 4.23. The lowest BCUT2D eigenvalue weighted by Crippen LogP contribution is -2.16. The summed E-state index contributed by atoms with van der Waals surface area (Å²) in [5.74, 6) is -1.53. The molecule has 1 aromatic heterocycles. The Balaban J connectivity index is 1.75. The summed E-state index contributed by atoms with van der Waals surface area (Å²) in [6, 6.07) is 7.77. The molecule has 3 aromatic rings. The highest BCUT2D eigenvalue weighted by Gasteiger charge is 2.43. The summed E-state index contributed by atoms with van der Waals surface area (Å²) >= 11 is 0. The van der Waals surface area contributed by atoms with Crippen molar-refractivity contribution in [1.82, 2.24) is 9.55 Å². The van der Waals surface area contributed by atoms with Crippen molar-refractivity contribution in [3.8, 4) is 0 Å². The molecule has 1 heterocycles. The van der Waals surface area contributed by atoms with Crippen LogP contribution in [-0.4, -0.2) is 28.7 Å². The molecule has 8 heteroatoms. The molecule has 6 nitrogen and oxygen atoms in total. The molecule has 1 amide bonds. The van der Waals surface area contributed by atoms with E-state index in [0.717, 1.165) is 5.52 Å². The van der Waals surface area contributed by atoms with Gasteiger partial charge in [-0.2, -0.15) is 0 Å². The van der Waals surface area contributed by atoms with Gasteiger partial charge in [-0.05, 0) is 30.7 Å². The second-order valence-electron chi connectivity index (χ2n) is 6.87. The first kappa shape index (κ1) is 17.9. The van der Waals surface area contributed by atoms with Crippen LogP contribution in [0.4, 0.5) is 31.5 Å². The predicted octanol–water partition coefficient (Wildman–Crippen LogP) is 4.33. The highest BCUT2D eigenvalue weighted by atomic mass is 19.1. The maximum absolute atomic E-state index is 14.5. The zero-order valence-corrected chi connectivity index (χ0v) is 15.3. The van der Waals surface area contributed by atoms with Gasteiger partial charge in [-0.3, -0.25) is 4.79 Å². The number of alkyl halides is 1. The van der Waals surface area contributed by atoms with Crippen molar-refractivity contribution >= 4 is 39.7 Å². The van der Waals surface area contributed by atoms with Gasteiger partial charge >= 0.3 is 0 Å². The van der Waals surface area contributed by atoms with Gasteiger partial charge in [0.25, 0.3) is 0 Å². The first-order valence-electron chi connectivity index (χ1n) is 8.70. The molecule has 4 rings (SSSR count). The minimum Gasteiger partial charge on any atom is -0.342 e. The molecule has 0 spiro atoms. The van der Waals surface area contributed by atoms with E-state index in [-0.39, 0.29) is 23.7 Å². The van der Waals surface area contributed by atoms with Crippen molar-refractivity contribution in [1.29, 1.82) is 0 Å². The second-order valence-corrected chi connectivity index (χ2v) is 6.87. The Bertz CT molecular complexity index is 1130. The molecule has 1 fully saturated rings. The molecule has 1 aliphatic rings. The van der Waals surface area contributed by atoms with Crippen LogP contribution in [-0.2, 0) is 11.8 Å². The van der Waals surface area contributed by atoms with E-state index in [9.17, 15) is 13.6 Å². The van der Waals surface area contributed by atoms with Crippen LogP contribution in [0.25, 0.3) is 15.9 Å². The van der Waals surface area contributed by atoms with Gasteiger partial charge in [-0.1, -0.05) is 6.07 Å².